The first-order valence-corrected chi connectivity index (χ1v) is 9.65. The number of thioether (sulfide) groups is 1. The second kappa shape index (κ2) is 8.14. The number of sulfonamides is 1. The Labute approximate surface area is 140 Å². The molecule has 2 aromatic rings. The number of primary sulfonamides is 1. The lowest BCUT2D eigenvalue weighted by atomic mass is 10.2. The Bertz CT molecular complexity index is 745. The molecule has 0 aliphatic carbocycles. The van der Waals surface area contributed by atoms with Crippen molar-refractivity contribution < 1.29 is 13.2 Å². The van der Waals surface area contributed by atoms with Gasteiger partial charge in [0.15, 0.2) is 0 Å². The molecule has 3 N–H and O–H groups in total. The Morgan fingerprint density at radius 3 is 2.26 bits per heavy atom. The molecule has 0 saturated heterocycles. The van der Waals surface area contributed by atoms with Crippen molar-refractivity contribution in [3.05, 3.63) is 65.7 Å². The van der Waals surface area contributed by atoms with Crippen LogP contribution in [0.1, 0.15) is 11.1 Å². The molecule has 0 aromatic heterocycles. The summed E-state index contributed by atoms with van der Waals surface area (Å²) in [6, 6.07) is 16.1. The van der Waals surface area contributed by atoms with E-state index in [1.54, 1.807) is 23.9 Å². The van der Waals surface area contributed by atoms with Crippen LogP contribution >= 0.6 is 11.8 Å². The molecule has 1 amide bonds. The zero-order valence-corrected chi connectivity index (χ0v) is 14.1. The van der Waals surface area contributed by atoms with Crippen LogP contribution in [0.5, 0.6) is 0 Å². The normalized spacial score (nSPS) is 11.2. The van der Waals surface area contributed by atoms with E-state index in [-0.39, 0.29) is 10.8 Å². The number of nitrogens with two attached hydrogens (primary N) is 1. The monoisotopic (exact) mass is 350 g/mol. The molecule has 0 spiro atoms. The molecule has 0 atom stereocenters. The quantitative estimate of drug-likeness (QED) is 0.798. The summed E-state index contributed by atoms with van der Waals surface area (Å²) in [7, 11) is -3.68. The van der Waals surface area contributed by atoms with E-state index >= 15 is 0 Å². The summed E-state index contributed by atoms with van der Waals surface area (Å²) >= 11 is 1.55. The number of rotatable bonds is 7. The van der Waals surface area contributed by atoms with E-state index in [9.17, 15) is 13.2 Å². The first-order valence-electron chi connectivity index (χ1n) is 6.95. The van der Waals surface area contributed by atoms with Crippen molar-refractivity contribution in [2.75, 3.05) is 5.75 Å². The molecule has 0 radical (unpaired) electrons. The molecule has 7 heteroatoms. The minimum Gasteiger partial charge on any atom is -0.351 e. The Balaban J connectivity index is 1.74. The Hall–Kier alpha value is -1.83. The number of nitrogens with one attached hydrogen (secondary N) is 1. The number of carbonyl (C=O) groups is 1. The third-order valence-electron chi connectivity index (χ3n) is 3.09. The third kappa shape index (κ3) is 6.05. The average molecular weight is 350 g/mol. The number of hydrogen-bond acceptors (Lipinski definition) is 4. The molecule has 2 rings (SSSR count). The minimum absolute atomic E-state index is 0.0542. The lowest BCUT2D eigenvalue weighted by Crippen LogP contribution is -2.24. The molecular formula is C16H18N2O3S2. The van der Waals surface area contributed by atoms with Crippen LogP contribution in [0.15, 0.2) is 59.5 Å². The summed E-state index contributed by atoms with van der Waals surface area (Å²) in [5.74, 6) is 1.11. The molecule has 0 bridgehead atoms. The fourth-order valence-electron chi connectivity index (χ4n) is 1.88. The topological polar surface area (TPSA) is 89.3 Å². The number of hydrogen-bond donors (Lipinski definition) is 2. The van der Waals surface area contributed by atoms with Crippen molar-refractivity contribution in [1.29, 1.82) is 0 Å². The molecule has 5 nitrogen and oxygen atoms in total. The van der Waals surface area contributed by atoms with Crippen LogP contribution in [-0.2, 0) is 27.1 Å². The smallest absolute Gasteiger partial charge is 0.238 e. The van der Waals surface area contributed by atoms with E-state index in [1.165, 1.54) is 17.7 Å². The van der Waals surface area contributed by atoms with E-state index < -0.39 is 10.0 Å². The summed E-state index contributed by atoms with van der Waals surface area (Å²) < 4.78 is 22.3. The first-order chi connectivity index (χ1) is 10.9. The Morgan fingerprint density at radius 1 is 1.00 bits per heavy atom. The Morgan fingerprint density at radius 2 is 1.65 bits per heavy atom. The van der Waals surface area contributed by atoms with Crippen molar-refractivity contribution >= 4 is 27.7 Å². The van der Waals surface area contributed by atoms with Gasteiger partial charge in [-0.3, -0.25) is 4.79 Å². The second-order valence-corrected chi connectivity index (χ2v) is 7.49. The molecule has 122 valence electrons. The molecule has 0 aliphatic rings. The fraction of sp³-hybridized carbons (Fsp3) is 0.188. The maximum atomic E-state index is 11.8. The number of amides is 1. The fourth-order valence-corrected chi connectivity index (χ4v) is 3.22. The van der Waals surface area contributed by atoms with Gasteiger partial charge in [-0.05, 0) is 23.3 Å². The molecule has 0 aliphatic heterocycles. The van der Waals surface area contributed by atoms with Crippen LogP contribution in [0.25, 0.3) is 0 Å². The van der Waals surface area contributed by atoms with Gasteiger partial charge >= 0.3 is 0 Å². The van der Waals surface area contributed by atoms with Gasteiger partial charge in [0.1, 0.15) is 0 Å². The van der Waals surface area contributed by atoms with Crippen molar-refractivity contribution in [1.82, 2.24) is 5.32 Å². The van der Waals surface area contributed by atoms with Crippen LogP contribution < -0.4 is 10.5 Å². The molecule has 2 aromatic carbocycles. The lowest BCUT2D eigenvalue weighted by Gasteiger charge is -2.06. The van der Waals surface area contributed by atoms with Crippen molar-refractivity contribution in [2.45, 2.75) is 17.2 Å². The summed E-state index contributed by atoms with van der Waals surface area (Å²) in [5.41, 5.74) is 2.00. The van der Waals surface area contributed by atoms with Gasteiger partial charge in [-0.25, -0.2) is 13.6 Å². The predicted molar refractivity (Wildman–Crippen MR) is 92.3 cm³/mol. The van der Waals surface area contributed by atoms with E-state index in [4.69, 9.17) is 5.14 Å². The maximum absolute atomic E-state index is 11.8. The SMILES string of the molecule is NS(=O)(=O)c1ccc(CNC(=O)CSCc2ccccc2)cc1. The number of carbonyl (C=O) groups excluding carboxylic acids is 1. The summed E-state index contributed by atoms with van der Waals surface area (Å²) in [4.78, 5) is 11.8. The summed E-state index contributed by atoms with van der Waals surface area (Å²) in [6.07, 6.45) is 0. The Kier molecular flexibility index (Phi) is 6.20. The zero-order chi connectivity index (χ0) is 16.7. The largest absolute Gasteiger partial charge is 0.351 e. The van der Waals surface area contributed by atoms with Gasteiger partial charge in [0.25, 0.3) is 0 Å². The average Bonchev–Trinajstić information content (AvgIpc) is 2.53. The van der Waals surface area contributed by atoms with Gasteiger partial charge < -0.3 is 5.32 Å². The van der Waals surface area contributed by atoms with Crippen molar-refractivity contribution in [2.24, 2.45) is 5.14 Å². The standard InChI is InChI=1S/C16H18N2O3S2/c17-23(20,21)15-8-6-13(7-9-15)10-18-16(19)12-22-11-14-4-2-1-3-5-14/h1-9H,10-12H2,(H,18,19)(H2,17,20,21). The lowest BCUT2D eigenvalue weighted by molar-refractivity contribution is -0.118. The van der Waals surface area contributed by atoms with Crippen LogP contribution in [0.2, 0.25) is 0 Å². The van der Waals surface area contributed by atoms with Crippen molar-refractivity contribution in [3.8, 4) is 0 Å². The van der Waals surface area contributed by atoms with E-state index in [1.807, 2.05) is 30.3 Å². The van der Waals surface area contributed by atoms with E-state index in [0.717, 1.165) is 11.3 Å². The van der Waals surface area contributed by atoms with Gasteiger partial charge in [-0.15, -0.1) is 11.8 Å². The minimum atomic E-state index is -3.68. The van der Waals surface area contributed by atoms with Crippen LogP contribution in [0.3, 0.4) is 0 Å². The highest BCUT2D eigenvalue weighted by Crippen LogP contribution is 2.11. The van der Waals surface area contributed by atoms with Gasteiger partial charge in [-0.1, -0.05) is 42.5 Å². The van der Waals surface area contributed by atoms with Crippen LogP contribution in [0, 0.1) is 0 Å². The molecule has 0 saturated carbocycles. The molecule has 0 heterocycles. The van der Waals surface area contributed by atoms with E-state index in [2.05, 4.69) is 5.32 Å². The van der Waals surface area contributed by atoms with Crippen LogP contribution in [-0.4, -0.2) is 20.1 Å². The molecule has 23 heavy (non-hydrogen) atoms. The zero-order valence-electron chi connectivity index (χ0n) is 12.4. The van der Waals surface area contributed by atoms with Gasteiger partial charge in [-0.2, -0.15) is 0 Å². The molecular weight excluding hydrogens is 332 g/mol. The van der Waals surface area contributed by atoms with Crippen molar-refractivity contribution in [3.63, 3.8) is 0 Å². The summed E-state index contributed by atoms with van der Waals surface area (Å²) in [5, 5.41) is 7.83. The number of benzene rings is 2. The highest BCUT2D eigenvalue weighted by molar-refractivity contribution is 7.99. The molecule has 0 unspecified atom stereocenters. The highest BCUT2D eigenvalue weighted by Gasteiger charge is 2.07. The molecule has 0 fully saturated rings. The third-order valence-corrected chi connectivity index (χ3v) is 5.02. The summed E-state index contributed by atoms with van der Waals surface area (Å²) in [6.45, 7) is 0.357. The van der Waals surface area contributed by atoms with Crippen LogP contribution in [0.4, 0.5) is 0 Å². The van der Waals surface area contributed by atoms with Gasteiger partial charge in [0.05, 0.1) is 10.6 Å². The van der Waals surface area contributed by atoms with E-state index in [0.29, 0.717) is 12.3 Å². The van der Waals surface area contributed by atoms with Gasteiger partial charge in [0, 0.05) is 12.3 Å². The second-order valence-electron chi connectivity index (χ2n) is 4.94. The first kappa shape index (κ1) is 17.5. The highest BCUT2D eigenvalue weighted by atomic mass is 32.2. The van der Waals surface area contributed by atoms with Gasteiger partial charge in [0.2, 0.25) is 15.9 Å². The maximum Gasteiger partial charge on any atom is 0.238 e. The predicted octanol–water partition coefficient (Wildman–Crippen LogP) is 1.88.